The first-order valence-corrected chi connectivity index (χ1v) is 11.0. The molecule has 0 fully saturated rings. The topological polar surface area (TPSA) is 70.0 Å². The first-order chi connectivity index (χ1) is 15.7. The molecule has 0 saturated carbocycles. The Morgan fingerprint density at radius 2 is 2.00 bits per heavy atom. The van der Waals surface area contributed by atoms with E-state index in [2.05, 4.69) is 56.4 Å². The fraction of sp³-hybridized carbons (Fsp3) is 0.280. The van der Waals surface area contributed by atoms with Crippen LogP contribution in [-0.2, 0) is 19.4 Å². The van der Waals surface area contributed by atoms with Crippen LogP contribution in [0.2, 0.25) is 0 Å². The van der Waals surface area contributed by atoms with Crippen LogP contribution >= 0.6 is 0 Å². The van der Waals surface area contributed by atoms with Crippen molar-refractivity contribution in [3.63, 3.8) is 0 Å². The quantitative estimate of drug-likeness (QED) is 0.278. The predicted octanol–water partition coefficient (Wildman–Crippen LogP) is 3.89. The van der Waals surface area contributed by atoms with Gasteiger partial charge in [0.1, 0.15) is 11.6 Å². The van der Waals surface area contributed by atoms with Crippen LogP contribution in [0, 0.1) is 5.82 Å². The Hall–Kier alpha value is -3.61. The van der Waals surface area contributed by atoms with E-state index in [4.69, 9.17) is 4.99 Å². The molecule has 0 aliphatic carbocycles. The van der Waals surface area contributed by atoms with Gasteiger partial charge in [-0.3, -0.25) is 4.99 Å². The number of hydrogen-bond donors (Lipinski definition) is 3. The lowest BCUT2D eigenvalue weighted by Gasteiger charge is -2.11. The lowest BCUT2D eigenvalue weighted by atomic mass is 10.1. The van der Waals surface area contributed by atoms with Gasteiger partial charge in [-0.25, -0.2) is 9.37 Å². The van der Waals surface area contributed by atoms with Gasteiger partial charge in [-0.15, -0.1) is 0 Å². The van der Waals surface area contributed by atoms with E-state index in [0.717, 1.165) is 60.7 Å². The van der Waals surface area contributed by atoms with Gasteiger partial charge < -0.3 is 20.2 Å². The fourth-order valence-electron chi connectivity index (χ4n) is 3.78. The minimum absolute atomic E-state index is 0.227. The molecule has 2 aromatic heterocycles. The average Bonchev–Trinajstić information content (AvgIpc) is 3.41. The summed E-state index contributed by atoms with van der Waals surface area (Å²) in [5, 5.41) is 7.75. The molecule has 2 aromatic carbocycles. The maximum absolute atomic E-state index is 13.4. The summed E-state index contributed by atoms with van der Waals surface area (Å²) in [5.41, 5.74) is 3.24. The molecule has 3 N–H and O–H groups in total. The van der Waals surface area contributed by atoms with Gasteiger partial charge in [0.25, 0.3) is 0 Å². The molecular formula is C25H29FN6. The number of aromatic amines is 1. The van der Waals surface area contributed by atoms with E-state index in [9.17, 15) is 4.39 Å². The van der Waals surface area contributed by atoms with Gasteiger partial charge >= 0.3 is 0 Å². The number of aliphatic imine (C=N–C) groups is 1. The highest BCUT2D eigenvalue weighted by Crippen LogP contribution is 2.19. The van der Waals surface area contributed by atoms with Gasteiger partial charge in [0.15, 0.2) is 5.96 Å². The highest BCUT2D eigenvalue weighted by molar-refractivity contribution is 5.83. The number of guanidine groups is 1. The number of rotatable bonds is 9. The maximum atomic E-state index is 13.4. The summed E-state index contributed by atoms with van der Waals surface area (Å²) in [4.78, 5) is 12.4. The van der Waals surface area contributed by atoms with E-state index in [1.165, 1.54) is 17.7 Å². The minimum atomic E-state index is -0.227. The van der Waals surface area contributed by atoms with Crippen molar-refractivity contribution in [3.05, 3.63) is 89.9 Å². The van der Waals surface area contributed by atoms with Crippen molar-refractivity contribution in [2.75, 3.05) is 19.6 Å². The summed E-state index contributed by atoms with van der Waals surface area (Å²) in [7, 11) is 0. The molecule has 0 aliphatic heterocycles. The van der Waals surface area contributed by atoms with Crippen molar-refractivity contribution in [1.29, 1.82) is 0 Å². The van der Waals surface area contributed by atoms with Crippen LogP contribution in [0.3, 0.4) is 0 Å². The van der Waals surface area contributed by atoms with Crippen molar-refractivity contribution < 1.29 is 4.39 Å². The second-order valence-electron chi connectivity index (χ2n) is 7.65. The molecule has 0 spiro atoms. The molecular weight excluding hydrogens is 403 g/mol. The molecule has 0 saturated heterocycles. The average molecular weight is 433 g/mol. The van der Waals surface area contributed by atoms with Crippen molar-refractivity contribution in [3.8, 4) is 0 Å². The zero-order valence-corrected chi connectivity index (χ0v) is 18.3. The van der Waals surface area contributed by atoms with Crippen LogP contribution in [0.15, 0.2) is 72.1 Å². The number of nitrogens with one attached hydrogen (secondary N) is 3. The lowest BCUT2D eigenvalue weighted by molar-refractivity contribution is 0.629. The third-order valence-corrected chi connectivity index (χ3v) is 5.36. The third-order valence-electron chi connectivity index (χ3n) is 5.36. The zero-order chi connectivity index (χ0) is 22.2. The second-order valence-corrected chi connectivity index (χ2v) is 7.65. The smallest absolute Gasteiger partial charge is 0.191 e. The molecule has 0 bridgehead atoms. The van der Waals surface area contributed by atoms with Gasteiger partial charge in [-0.2, -0.15) is 0 Å². The Bertz CT molecular complexity index is 1160. The number of benzene rings is 2. The zero-order valence-electron chi connectivity index (χ0n) is 18.3. The van der Waals surface area contributed by atoms with Crippen molar-refractivity contribution >= 4 is 16.9 Å². The van der Waals surface area contributed by atoms with Crippen molar-refractivity contribution in [2.24, 2.45) is 4.99 Å². The molecule has 0 unspecified atom stereocenters. The van der Waals surface area contributed by atoms with Gasteiger partial charge in [-0.05, 0) is 42.7 Å². The van der Waals surface area contributed by atoms with Crippen LogP contribution in [0.25, 0.3) is 10.9 Å². The summed E-state index contributed by atoms with van der Waals surface area (Å²) in [6.45, 7) is 5.04. The lowest BCUT2D eigenvalue weighted by Crippen LogP contribution is -2.38. The summed E-state index contributed by atoms with van der Waals surface area (Å²) in [6.07, 6.45) is 7.39. The highest BCUT2D eigenvalue weighted by Gasteiger charge is 2.06. The number of H-pyrrole nitrogens is 1. The van der Waals surface area contributed by atoms with E-state index in [1.807, 2.05) is 30.7 Å². The Balaban J connectivity index is 1.31. The molecule has 2 heterocycles. The monoisotopic (exact) mass is 432 g/mol. The molecule has 4 aromatic rings. The summed E-state index contributed by atoms with van der Waals surface area (Å²) < 4.78 is 15.6. The standard InChI is InChI=1S/C25H29FN6/c1-2-27-25(29-12-10-20-17-31-23-16-21(26)8-9-22(20)23)30-13-11-24-28-14-15-32(24)18-19-6-4-3-5-7-19/h3-9,14-17,31H,2,10-13,18H2,1H3,(H2,27,29,30). The Labute approximate surface area is 187 Å². The van der Waals surface area contributed by atoms with Crippen LogP contribution in [0.1, 0.15) is 23.9 Å². The molecule has 0 atom stereocenters. The second kappa shape index (κ2) is 10.6. The third kappa shape index (κ3) is 5.55. The Morgan fingerprint density at radius 1 is 1.12 bits per heavy atom. The number of fused-ring (bicyclic) bond motifs is 1. The van der Waals surface area contributed by atoms with Crippen LogP contribution < -0.4 is 10.6 Å². The number of hydrogen-bond acceptors (Lipinski definition) is 2. The van der Waals surface area contributed by atoms with E-state index in [-0.39, 0.29) is 5.82 Å². The largest absolute Gasteiger partial charge is 0.361 e. The minimum Gasteiger partial charge on any atom is -0.361 e. The molecule has 0 aliphatic rings. The van der Waals surface area contributed by atoms with Gasteiger partial charge in [0.2, 0.25) is 0 Å². The first-order valence-electron chi connectivity index (χ1n) is 11.0. The molecule has 166 valence electrons. The SMILES string of the molecule is CCNC(=NCCc1nccn1Cc1ccccc1)NCCc1c[nH]c2cc(F)ccc12. The van der Waals surface area contributed by atoms with E-state index in [1.54, 1.807) is 0 Å². The summed E-state index contributed by atoms with van der Waals surface area (Å²) in [6, 6.07) is 15.2. The molecule has 32 heavy (non-hydrogen) atoms. The van der Waals surface area contributed by atoms with Crippen molar-refractivity contribution in [1.82, 2.24) is 25.2 Å². The summed E-state index contributed by atoms with van der Waals surface area (Å²) >= 11 is 0. The maximum Gasteiger partial charge on any atom is 0.191 e. The molecule has 7 heteroatoms. The van der Waals surface area contributed by atoms with Crippen LogP contribution in [-0.4, -0.2) is 40.1 Å². The van der Waals surface area contributed by atoms with E-state index >= 15 is 0 Å². The van der Waals surface area contributed by atoms with Crippen LogP contribution in [0.5, 0.6) is 0 Å². The Kier molecular flexibility index (Phi) is 7.17. The predicted molar refractivity (Wildman–Crippen MR) is 127 cm³/mol. The fourth-order valence-corrected chi connectivity index (χ4v) is 3.78. The van der Waals surface area contributed by atoms with Crippen molar-refractivity contribution in [2.45, 2.75) is 26.3 Å². The normalized spacial score (nSPS) is 11.8. The van der Waals surface area contributed by atoms with Gasteiger partial charge in [-0.1, -0.05) is 30.3 Å². The molecule has 4 rings (SSSR count). The number of aromatic nitrogens is 3. The molecule has 6 nitrogen and oxygen atoms in total. The summed E-state index contributed by atoms with van der Waals surface area (Å²) in [5.74, 6) is 1.59. The number of halogens is 1. The molecule has 0 amide bonds. The number of imidazole rings is 1. The van der Waals surface area contributed by atoms with E-state index in [0.29, 0.717) is 6.54 Å². The van der Waals surface area contributed by atoms with Gasteiger partial charge in [0, 0.05) is 62.1 Å². The van der Waals surface area contributed by atoms with Crippen LogP contribution in [0.4, 0.5) is 4.39 Å². The number of nitrogens with zero attached hydrogens (tertiary/aromatic N) is 3. The van der Waals surface area contributed by atoms with Gasteiger partial charge in [0.05, 0.1) is 0 Å². The highest BCUT2D eigenvalue weighted by atomic mass is 19.1. The first kappa shape index (κ1) is 21.6. The Morgan fingerprint density at radius 3 is 2.84 bits per heavy atom. The van der Waals surface area contributed by atoms with E-state index < -0.39 is 0 Å². The molecule has 0 radical (unpaired) electrons.